The van der Waals surface area contributed by atoms with Gasteiger partial charge in [-0.2, -0.15) is 5.26 Å². The molecule has 1 aliphatic rings. The van der Waals surface area contributed by atoms with Crippen molar-refractivity contribution in [2.75, 3.05) is 28.6 Å². The lowest BCUT2D eigenvalue weighted by molar-refractivity contribution is -0.123. The maximum absolute atomic E-state index is 12.1. The zero-order chi connectivity index (χ0) is 19.1. The van der Waals surface area contributed by atoms with Gasteiger partial charge in [-0.15, -0.1) is 0 Å². The van der Waals surface area contributed by atoms with Gasteiger partial charge in [0.2, 0.25) is 11.8 Å². The second-order valence-corrected chi connectivity index (χ2v) is 6.56. The number of hydrogen-bond donors (Lipinski definition) is 2. The molecular formula is C21H22N4O2. The molecule has 1 aliphatic heterocycles. The third kappa shape index (κ3) is 5.32. The van der Waals surface area contributed by atoms with Crippen LogP contribution in [0, 0.1) is 11.3 Å². The normalized spacial score (nSPS) is 13.5. The number of benzene rings is 2. The molecule has 0 bridgehead atoms. The van der Waals surface area contributed by atoms with Crippen molar-refractivity contribution >= 4 is 28.9 Å². The molecule has 0 spiro atoms. The van der Waals surface area contributed by atoms with E-state index in [0.29, 0.717) is 16.9 Å². The van der Waals surface area contributed by atoms with E-state index in [1.807, 2.05) is 30.3 Å². The average molecular weight is 362 g/mol. The summed E-state index contributed by atoms with van der Waals surface area (Å²) >= 11 is 0. The highest BCUT2D eigenvalue weighted by Crippen LogP contribution is 2.22. The monoisotopic (exact) mass is 362 g/mol. The summed E-state index contributed by atoms with van der Waals surface area (Å²) in [5.41, 5.74) is 2.77. The van der Waals surface area contributed by atoms with Crippen LogP contribution in [0.4, 0.5) is 17.1 Å². The Balaban J connectivity index is 1.51. The molecule has 0 aliphatic carbocycles. The third-order valence-electron chi connectivity index (χ3n) is 4.47. The first-order valence-electron chi connectivity index (χ1n) is 9.09. The van der Waals surface area contributed by atoms with Crippen molar-refractivity contribution in [1.29, 1.82) is 5.26 Å². The van der Waals surface area contributed by atoms with Crippen molar-refractivity contribution in [3.05, 3.63) is 54.1 Å². The number of hydrogen-bond acceptors (Lipinski definition) is 4. The van der Waals surface area contributed by atoms with E-state index in [0.717, 1.165) is 18.8 Å². The molecule has 1 heterocycles. The molecule has 0 unspecified atom stereocenters. The standard InChI is InChI=1S/C21H22N4O2/c22-15-16-5-4-6-18(13-16)24-21(27)14-20(26)23-17-7-9-19(10-8-17)25-11-2-1-3-12-25/h4-10,13H,1-3,11-12,14H2,(H,23,26)(H,24,27). The van der Waals surface area contributed by atoms with Gasteiger partial charge in [-0.3, -0.25) is 9.59 Å². The molecule has 0 aromatic heterocycles. The highest BCUT2D eigenvalue weighted by atomic mass is 16.2. The first kappa shape index (κ1) is 18.5. The Labute approximate surface area is 158 Å². The number of rotatable bonds is 5. The number of nitriles is 1. The van der Waals surface area contributed by atoms with E-state index < -0.39 is 5.91 Å². The molecule has 2 aromatic carbocycles. The average Bonchev–Trinajstić information content (AvgIpc) is 2.69. The van der Waals surface area contributed by atoms with Gasteiger partial charge in [-0.05, 0) is 61.7 Å². The second kappa shape index (κ2) is 8.86. The first-order valence-corrected chi connectivity index (χ1v) is 9.09. The molecule has 3 rings (SSSR count). The van der Waals surface area contributed by atoms with Crippen molar-refractivity contribution in [3.63, 3.8) is 0 Å². The number of carbonyl (C=O) groups excluding carboxylic acids is 2. The fraction of sp³-hybridized carbons (Fsp3) is 0.286. The summed E-state index contributed by atoms with van der Waals surface area (Å²) in [6, 6.07) is 16.3. The van der Waals surface area contributed by atoms with Gasteiger partial charge in [-0.25, -0.2) is 0 Å². The molecule has 2 aromatic rings. The lowest BCUT2D eigenvalue weighted by Gasteiger charge is -2.28. The molecule has 2 amide bonds. The Kier molecular flexibility index (Phi) is 6.06. The predicted molar refractivity (Wildman–Crippen MR) is 106 cm³/mol. The van der Waals surface area contributed by atoms with Crippen LogP contribution in [0.1, 0.15) is 31.2 Å². The molecule has 0 radical (unpaired) electrons. The van der Waals surface area contributed by atoms with E-state index in [2.05, 4.69) is 15.5 Å². The summed E-state index contributed by atoms with van der Waals surface area (Å²) < 4.78 is 0. The van der Waals surface area contributed by atoms with Crippen LogP contribution in [0.15, 0.2) is 48.5 Å². The van der Waals surface area contributed by atoms with E-state index in [9.17, 15) is 9.59 Å². The van der Waals surface area contributed by atoms with Gasteiger partial charge in [0.1, 0.15) is 6.42 Å². The van der Waals surface area contributed by atoms with Gasteiger partial charge >= 0.3 is 0 Å². The summed E-state index contributed by atoms with van der Waals surface area (Å²) in [6.07, 6.45) is 3.42. The first-order chi connectivity index (χ1) is 13.1. The van der Waals surface area contributed by atoms with E-state index in [4.69, 9.17) is 5.26 Å². The van der Waals surface area contributed by atoms with Crippen molar-refractivity contribution in [1.82, 2.24) is 0 Å². The minimum atomic E-state index is -0.424. The van der Waals surface area contributed by atoms with Gasteiger partial charge in [0, 0.05) is 30.2 Å². The lowest BCUT2D eigenvalue weighted by Crippen LogP contribution is -2.29. The van der Waals surface area contributed by atoms with Crippen molar-refractivity contribution in [3.8, 4) is 6.07 Å². The van der Waals surface area contributed by atoms with Gasteiger partial charge in [-0.1, -0.05) is 6.07 Å². The smallest absolute Gasteiger partial charge is 0.233 e. The number of piperidine rings is 1. The number of nitrogens with zero attached hydrogens (tertiary/aromatic N) is 2. The fourth-order valence-corrected chi connectivity index (χ4v) is 3.13. The number of anilines is 3. The lowest BCUT2D eigenvalue weighted by atomic mass is 10.1. The van der Waals surface area contributed by atoms with Crippen LogP contribution in [-0.2, 0) is 9.59 Å². The predicted octanol–water partition coefficient (Wildman–Crippen LogP) is 3.52. The number of nitrogens with one attached hydrogen (secondary N) is 2. The van der Waals surface area contributed by atoms with Gasteiger partial charge in [0.05, 0.1) is 11.6 Å². The van der Waals surface area contributed by atoms with E-state index >= 15 is 0 Å². The van der Waals surface area contributed by atoms with Gasteiger partial charge in [0.15, 0.2) is 0 Å². The largest absolute Gasteiger partial charge is 0.372 e. The fourth-order valence-electron chi connectivity index (χ4n) is 3.13. The molecule has 1 fully saturated rings. The van der Waals surface area contributed by atoms with E-state index in [1.165, 1.54) is 19.3 Å². The van der Waals surface area contributed by atoms with Crippen molar-refractivity contribution in [2.24, 2.45) is 0 Å². The van der Waals surface area contributed by atoms with Crippen LogP contribution in [0.25, 0.3) is 0 Å². The summed E-state index contributed by atoms with van der Waals surface area (Å²) in [5, 5.41) is 14.2. The maximum atomic E-state index is 12.1. The molecule has 1 saturated heterocycles. The number of carbonyl (C=O) groups is 2. The minimum absolute atomic E-state index is 0.287. The Morgan fingerprint density at radius 1 is 0.926 bits per heavy atom. The summed E-state index contributed by atoms with van der Waals surface area (Å²) in [7, 11) is 0. The van der Waals surface area contributed by atoms with Gasteiger partial charge in [0.25, 0.3) is 0 Å². The Hall–Kier alpha value is -3.33. The molecule has 0 saturated carbocycles. The number of amides is 2. The summed E-state index contributed by atoms with van der Waals surface area (Å²) in [4.78, 5) is 26.4. The summed E-state index contributed by atoms with van der Waals surface area (Å²) in [5.74, 6) is -0.804. The van der Waals surface area contributed by atoms with Crippen molar-refractivity contribution in [2.45, 2.75) is 25.7 Å². The SMILES string of the molecule is N#Cc1cccc(NC(=O)CC(=O)Nc2ccc(N3CCCCC3)cc2)c1. The zero-order valence-corrected chi connectivity index (χ0v) is 15.1. The highest BCUT2D eigenvalue weighted by molar-refractivity contribution is 6.08. The van der Waals surface area contributed by atoms with Crippen LogP contribution < -0.4 is 15.5 Å². The molecule has 6 nitrogen and oxygen atoms in total. The van der Waals surface area contributed by atoms with Crippen LogP contribution in [0.5, 0.6) is 0 Å². The zero-order valence-electron chi connectivity index (χ0n) is 15.1. The molecule has 138 valence electrons. The van der Waals surface area contributed by atoms with Crippen LogP contribution in [0.3, 0.4) is 0 Å². The highest BCUT2D eigenvalue weighted by Gasteiger charge is 2.12. The molecule has 6 heteroatoms. The summed E-state index contributed by atoms with van der Waals surface area (Å²) in [6.45, 7) is 2.14. The van der Waals surface area contributed by atoms with E-state index in [1.54, 1.807) is 24.3 Å². The molecular weight excluding hydrogens is 340 g/mol. The quantitative estimate of drug-likeness (QED) is 0.797. The van der Waals surface area contributed by atoms with Crippen molar-refractivity contribution < 1.29 is 9.59 Å². The molecule has 27 heavy (non-hydrogen) atoms. The Bertz CT molecular complexity index is 849. The minimum Gasteiger partial charge on any atom is -0.372 e. The van der Waals surface area contributed by atoms with Crippen LogP contribution >= 0.6 is 0 Å². The third-order valence-corrected chi connectivity index (χ3v) is 4.47. The van der Waals surface area contributed by atoms with Gasteiger partial charge < -0.3 is 15.5 Å². The second-order valence-electron chi connectivity index (χ2n) is 6.56. The van der Waals surface area contributed by atoms with E-state index in [-0.39, 0.29) is 12.3 Å². The Morgan fingerprint density at radius 2 is 1.59 bits per heavy atom. The van der Waals surface area contributed by atoms with Crippen LogP contribution in [0.2, 0.25) is 0 Å². The maximum Gasteiger partial charge on any atom is 0.233 e. The van der Waals surface area contributed by atoms with Crippen LogP contribution in [-0.4, -0.2) is 24.9 Å². The Morgan fingerprint density at radius 3 is 2.26 bits per heavy atom. The topological polar surface area (TPSA) is 85.2 Å². The molecule has 0 atom stereocenters. The molecule has 2 N–H and O–H groups in total.